The third-order valence-electron chi connectivity index (χ3n) is 6.93. The summed E-state index contributed by atoms with van der Waals surface area (Å²) in [4.78, 5) is 25.9. The molecular weight excluding hydrogens is 430 g/mol. The third kappa shape index (κ3) is 6.17. The molecule has 3 amide bonds. The molecule has 2 aliphatic rings. The van der Waals surface area contributed by atoms with Gasteiger partial charge < -0.3 is 25.4 Å². The van der Waals surface area contributed by atoms with Crippen molar-refractivity contribution in [2.75, 3.05) is 39.3 Å². The van der Waals surface area contributed by atoms with E-state index in [1.54, 1.807) is 4.90 Å². The molecular formula is C26H37N5O3. The van der Waals surface area contributed by atoms with E-state index in [4.69, 9.17) is 4.52 Å². The molecule has 3 N–H and O–H groups in total. The molecule has 2 atom stereocenters. The average molecular weight is 468 g/mol. The minimum atomic E-state index is -0.0511. The molecule has 1 aromatic carbocycles. The third-order valence-corrected chi connectivity index (χ3v) is 6.93. The maximum atomic E-state index is 12.6. The van der Waals surface area contributed by atoms with Crippen LogP contribution in [0, 0.1) is 11.8 Å². The topological polar surface area (TPSA) is 99.5 Å². The lowest BCUT2D eigenvalue weighted by atomic mass is 9.81. The van der Waals surface area contributed by atoms with E-state index in [1.165, 1.54) is 5.56 Å². The van der Waals surface area contributed by atoms with Crippen LogP contribution in [0.3, 0.4) is 0 Å². The molecule has 0 unspecified atom stereocenters. The number of carbonyl (C=O) groups excluding carboxylic acids is 2. The number of hydrogen-bond donors (Lipinski definition) is 3. The second-order valence-electron chi connectivity index (χ2n) is 10.5. The fraction of sp³-hybridized carbons (Fsp3) is 0.577. The molecule has 2 aromatic rings. The van der Waals surface area contributed by atoms with Crippen molar-refractivity contribution in [2.24, 2.45) is 11.8 Å². The number of aromatic nitrogens is 1. The van der Waals surface area contributed by atoms with Crippen molar-refractivity contribution in [3.05, 3.63) is 41.6 Å². The molecule has 0 aliphatic carbocycles. The summed E-state index contributed by atoms with van der Waals surface area (Å²) in [6.45, 7) is 10.8. The van der Waals surface area contributed by atoms with E-state index in [9.17, 15) is 9.59 Å². The minimum Gasteiger partial charge on any atom is -0.356 e. The number of rotatable bonds is 8. The van der Waals surface area contributed by atoms with Crippen molar-refractivity contribution < 1.29 is 14.1 Å². The Balaban J connectivity index is 1.30. The lowest BCUT2D eigenvalue weighted by Crippen LogP contribution is -2.41. The molecule has 0 bridgehead atoms. The van der Waals surface area contributed by atoms with Gasteiger partial charge in [0.15, 0.2) is 5.76 Å². The van der Waals surface area contributed by atoms with Gasteiger partial charge in [-0.15, -0.1) is 0 Å². The van der Waals surface area contributed by atoms with Gasteiger partial charge in [0.1, 0.15) is 0 Å². The van der Waals surface area contributed by atoms with Crippen molar-refractivity contribution in [3.8, 4) is 11.3 Å². The van der Waals surface area contributed by atoms with Crippen LogP contribution in [0.2, 0.25) is 0 Å². The van der Waals surface area contributed by atoms with E-state index in [1.807, 2.05) is 6.07 Å². The largest absolute Gasteiger partial charge is 0.356 e. The van der Waals surface area contributed by atoms with Gasteiger partial charge in [0, 0.05) is 44.2 Å². The molecule has 0 radical (unpaired) electrons. The zero-order chi connectivity index (χ0) is 24.1. The van der Waals surface area contributed by atoms with Crippen LogP contribution in [-0.2, 0) is 16.6 Å². The highest BCUT2D eigenvalue weighted by atomic mass is 16.5. The molecule has 8 nitrogen and oxygen atoms in total. The van der Waals surface area contributed by atoms with Crippen LogP contribution in [0.25, 0.3) is 11.3 Å². The number of carbonyl (C=O) groups is 2. The molecule has 4 rings (SSSR count). The maximum Gasteiger partial charge on any atom is 0.317 e. The molecule has 2 fully saturated rings. The van der Waals surface area contributed by atoms with Gasteiger partial charge in [-0.2, -0.15) is 0 Å². The Morgan fingerprint density at radius 2 is 2.00 bits per heavy atom. The van der Waals surface area contributed by atoms with Crippen LogP contribution in [0.4, 0.5) is 4.79 Å². The summed E-state index contributed by atoms with van der Waals surface area (Å²) in [6.07, 6.45) is 2.24. The molecule has 2 aliphatic heterocycles. The van der Waals surface area contributed by atoms with E-state index in [-0.39, 0.29) is 17.4 Å². The highest BCUT2D eigenvalue weighted by molar-refractivity contribution is 5.77. The van der Waals surface area contributed by atoms with Crippen molar-refractivity contribution in [1.29, 1.82) is 0 Å². The van der Waals surface area contributed by atoms with Crippen LogP contribution in [-0.4, -0.2) is 61.3 Å². The smallest absolute Gasteiger partial charge is 0.317 e. The zero-order valence-electron chi connectivity index (χ0n) is 20.5. The van der Waals surface area contributed by atoms with E-state index >= 15 is 0 Å². The summed E-state index contributed by atoms with van der Waals surface area (Å²) in [6, 6.07) is 10.4. The monoisotopic (exact) mass is 467 g/mol. The average Bonchev–Trinajstić information content (AvgIpc) is 3.44. The van der Waals surface area contributed by atoms with Crippen LogP contribution in [0.15, 0.2) is 34.9 Å². The van der Waals surface area contributed by atoms with Gasteiger partial charge in [-0.25, -0.2) is 4.79 Å². The molecule has 1 aromatic heterocycles. The van der Waals surface area contributed by atoms with Crippen LogP contribution in [0.5, 0.6) is 0 Å². The lowest BCUT2D eigenvalue weighted by Gasteiger charge is -2.31. The maximum absolute atomic E-state index is 12.6. The van der Waals surface area contributed by atoms with Crippen molar-refractivity contribution in [2.45, 2.75) is 45.4 Å². The fourth-order valence-electron chi connectivity index (χ4n) is 4.80. The van der Waals surface area contributed by atoms with Crippen LogP contribution in [0.1, 0.15) is 44.9 Å². The highest BCUT2D eigenvalue weighted by Gasteiger charge is 2.28. The predicted octanol–water partition coefficient (Wildman–Crippen LogP) is 2.94. The Labute approximate surface area is 201 Å². The van der Waals surface area contributed by atoms with Crippen LogP contribution < -0.4 is 16.0 Å². The molecule has 2 saturated heterocycles. The molecule has 0 saturated carbocycles. The molecule has 184 valence electrons. The number of piperidine rings is 1. The number of amides is 3. The van der Waals surface area contributed by atoms with Gasteiger partial charge in [-0.3, -0.25) is 4.79 Å². The van der Waals surface area contributed by atoms with E-state index in [0.717, 1.165) is 42.9 Å². The molecule has 0 spiro atoms. The van der Waals surface area contributed by atoms with Gasteiger partial charge in [0.05, 0.1) is 5.69 Å². The summed E-state index contributed by atoms with van der Waals surface area (Å²) in [5.41, 5.74) is 3.35. The lowest BCUT2D eigenvalue weighted by molar-refractivity contribution is -0.122. The summed E-state index contributed by atoms with van der Waals surface area (Å²) >= 11 is 0. The van der Waals surface area contributed by atoms with Crippen molar-refractivity contribution in [3.63, 3.8) is 0 Å². The van der Waals surface area contributed by atoms with Crippen LogP contribution >= 0.6 is 0 Å². The second kappa shape index (κ2) is 10.6. The Morgan fingerprint density at radius 3 is 2.71 bits per heavy atom. The number of nitrogens with zero attached hydrogens (tertiary/aromatic N) is 2. The van der Waals surface area contributed by atoms with Gasteiger partial charge in [-0.1, -0.05) is 50.2 Å². The Bertz CT molecular complexity index is 979. The number of hydrogen-bond acceptors (Lipinski definition) is 5. The Kier molecular flexibility index (Phi) is 7.56. The molecule has 34 heavy (non-hydrogen) atoms. The van der Waals surface area contributed by atoms with Crippen molar-refractivity contribution >= 4 is 11.9 Å². The predicted molar refractivity (Wildman–Crippen MR) is 131 cm³/mol. The summed E-state index contributed by atoms with van der Waals surface area (Å²) in [7, 11) is 0. The fourth-order valence-corrected chi connectivity index (χ4v) is 4.80. The quantitative estimate of drug-likeness (QED) is 0.554. The Hall–Kier alpha value is -2.87. The van der Waals surface area contributed by atoms with Gasteiger partial charge >= 0.3 is 6.03 Å². The molecule has 8 heteroatoms. The first-order chi connectivity index (χ1) is 16.3. The highest BCUT2D eigenvalue weighted by Crippen LogP contribution is 2.29. The first-order valence-corrected chi connectivity index (χ1v) is 12.4. The Morgan fingerprint density at radius 1 is 1.21 bits per heavy atom. The normalized spacial score (nSPS) is 20.9. The number of urea groups is 1. The first kappa shape index (κ1) is 24.3. The van der Waals surface area contributed by atoms with Gasteiger partial charge in [0.2, 0.25) is 5.91 Å². The summed E-state index contributed by atoms with van der Waals surface area (Å²) < 4.78 is 5.66. The standard InChI is InChI=1S/C26H37N5O3/c1-26(2,3)21-6-4-18(5-7-21)23-16-22(30-34-23)14-20-17-27-9-8-19(20)15-24(32)28-10-12-31-13-11-29-25(31)33/h4-7,16,19-20,27H,8-15,17H2,1-3H3,(H,28,32)(H,29,33)/t19-,20+/m0/s1. The summed E-state index contributed by atoms with van der Waals surface area (Å²) in [5.74, 6) is 1.45. The minimum absolute atomic E-state index is 0.0511. The first-order valence-electron chi connectivity index (χ1n) is 12.4. The van der Waals surface area contributed by atoms with Gasteiger partial charge in [-0.05, 0) is 48.7 Å². The van der Waals surface area contributed by atoms with E-state index in [0.29, 0.717) is 44.4 Å². The van der Waals surface area contributed by atoms with E-state index < -0.39 is 0 Å². The zero-order valence-corrected chi connectivity index (χ0v) is 20.5. The number of nitrogens with one attached hydrogen (secondary N) is 3. The SMILES string of the molecule is CC(C)(C)c1ccc(-c2cc(C[C@@H]3CNCC[C@H]3CC(=O)NCCN3CCNC3=O)no2)cc1. The van der Waals surface area contributed by atoms with Gasteiger partial charge in [0.25, 0.3) is 0 Å². The van der Waals surface area contributed by atoms with Crippen molar-refractivity contribution in [1.82, 2.24) is 26.0 Å². The number of benzene rings is 1. The second-order valence-corrected chi connectivity index (χ2v) is 10.5. The van der Waals surface area contributed by atoms with E-state index in [2.05, 4.69) is 66.1 Å². The molecule has 3 heterocycles. The summed E-state index contributed by atoms with van der Waals surface area (Å²) in [5, 5.41) is 13.6.